The number of carbonyl (C=O) groups is 1. The molecule has 0 bridgehead atoms. The fourth-order valence-electron chi connectivity index (χ4n) is 3.28. The molecule has 0 fully saturated rings. The summed E-state index contributed by atoms with van der Waals surface area (Å²) < 4.78 is 6.78. The first-order valence-electron chi connectivity index (χ1n) is 8.77. The number of nitriles is 1. The minimum absolute atomic E-state index is 0.0240. The van der Waals surface area contributed by atoms with Gasteiger partial charge in [-0.05, 0) is 43.5 Å². The molecule has 0 amide bonds. The summed E-state index contributed by atoms with van der Waals surface area (Å²) in [6, 6.07) is 6.86. The first-order chi connectivity index (χ1) is 13.2. The highest BCUT2D eigenvalue weighted by Crippen LogP contribution is 2.32. The molecule has 0 saturated carbocycles. The van der Waals surface area contributed by atoms with Gasteiger partial charge < -0.3 is 9.52 Å². The molecule has 3 rings (SSSR count). The Morgan fingerprint density at radius 2 is 2.00 bits per heavy atom. The van der Waals surface area contributed by atoms with Gasteiger partial charge in [-0.15, -0.1) is 0 Å². The number of halogens is 1. The van der Waals surface area contributed by atoms with Crippen LogP contribution < -0.4 is 5.56 Å². The lowest BCUT2D eigenvalue weighted by Gasteiger charge is -2.16. The van der Waals surface area contributed by atoms with Crippen molar-refractivity contribution in [2.75, 3.05) is 0 Å². The van der Waals surface area contributed by atoms with Crippen molar-refractivity contribution in [1.82, 2.24) is 4.57 Å². The Bertz CT molecular complexity index is 1210. The van der Waals surface area contributed by atoms with Gasteiger partial charge in [-0.1, -0.05) is 25.4 Å². The van der Waals surface area contributed by atoms with Gasteiger partial charge in [0, 0.05) is 22.5 Å². The van der Waals surface area contributed by atoms with Crippen molar-refractivity contribution < 1.29 is 14.3 Å². The standard InChI is InChI=1S/C21H19ClN2O4/c1-10(2)9-24-20(26)15(8-23)11(3)17(21(24)27)18(25)19-12(4)14-7-13(22)5-6-16(14)28-19/h5-7,10,27H,9H2,1-4H3. The van der Waals surface area contributed by atoms with Crippen LogP contribution in [0, 0.1) is 31.1 Å². The maximum Gasteiger partial charge on any atom is 0.271 e. The Kier molecular flexibility index (Phi) is 5.05. The summed E-state index contributed by atoms with van der Waals surface area (Å²) in [6.45, 7) is 7.10. The summed E-state index contributed by atoms with van der Waals surface area (Å²) >= 11 is 6.03. The van der Waals surface area contributed by atoms with Gasteiger partial charge in [0.05, 0.1) is 5.56 Å². The van der Waals surface area contributed by atoms with E-state index in [-0.39, 0.29) is 34.9 Å². The van der Waals surface area contributed by atoms with Crippen molar-refractivity contribution in [1.29, 1.82) is 5.26 Å². The topological polar surface area (TPSA) is 96.2 Å². The lowest BCUT2D eigenvalue weighted by molar-refractivity contribution is 0.100. The number of pyridine rings is 1. The SMILES string of the molecule is Cc1c(C(=O)c2oc3ccc(Cl)cc3c2C)c(O)n(CC(C)C)c(=O)c1C#N. The molecule has 0 unspecified atom stereocenters. The molecular formula is C21H19ClN2O4. The van der Waals surface area contributed by atoms with E-state index in [4.69, 9.17) is 16.0 Å². The Morgan fingerprint density at radius 1 is 1.32 bits per heavy atom. The molecule has 0 aliphatic rings. The molecule has 0 aliphatic carbocycles. The molecule has 3 aromatic rings. The average Bonchev–Trinajstić information content (AvgIpc) is 2.95. The molecule has 2 aromatic heterocycles. The van der Waals surface area contributed by atoms with Gasteiger partial charge in [0.25, 0.3) is 5.56 Å². The number of aromatic nitrogens is 1. The zero-order valence-corrected chi connectivity index (χ0v) is 16.7. The molecule has 28 heavy (non-hydrogen) atoms. The smallest absolute Gasteiger partial charge is 0.271 e. The molecule has 0 spiro atoms. The van der Waals surface area contributed by atoms with Crippen LogP contribution in [0.4, 0.5) is 0 Å². The summed E-state index contributed by atoms with van der Waals surface area (Å²) in [5, 5.41) is 21.4. The number of rotatable bonds is 4. The number of carbonyl (C=O) groups excluding carboxylic acids is 1. The van der Waals surface area contributed by atoms with Crippen molar-refractivity contribution in [2.45, 2.75) is 34.2 Å². The molecule has 7 heteroatoms. The normalized spacial score (nSPS) is 11.2. The molecule has 2 heterocycles. The third-order valence-corrected chi connectivity index (χ3v) is 4.91. The average molecular weight is 399 g/mol. The van der Waals surface area contributed by atoms with Crippen LogP contribution >= 0.6 is 11.6 Å². The zero-order chi connectivity index (χ0) is 20.7. The highest BCUT2D eigenvalue weighted by atomic mass is 35.5. The summed E-state index contributed by atoms with van der Waals surface area (Å²) in [6.07, 6.45) is 0. The number of aryl methyl sites for hydroxylation is 1. The summed E-state index contributed by atoms with van der Waals surface area (Å²) in [5.41, 5.74) is 0.298. The van der Waals surface area contributed by atoms with E-state index in [0.29, 0.717) is 21.6 Å². The van der Waals surface area contributed by atoms with E-state index in [1.807, 2.05) is 19.9 Å². The van der Waals surface area contributed by atoms with Crippen molar-refractivity contribution >= 4 is 28.4 Å². The Hall–Kier alpha value is -3.04. The Labute approximate surface area is 166 Å². The van der Waals surface area contributed by atoms with Crippen LogP contribution in [-0.2, 0) is 6.54 Å². The zero-order valence-electron chi connectivity index (χ0n) is 16.0. The molecule has 0 saturated heterocycles. The van der Waals surface area contributed by atoms with E-state index < -0.39 is 17.2 Å². The molecule has 0 atom stereocenters. The Balaban J connectivity index is 2.29. The minimum Gasteiger partial charge on any atom is -0.494 e. The van der Waals surface area contributed by atoms with Crippen LogP contribution in [0.2, 0.25) is 5.02 Å². The number of nitrogens with zero attached hydrogens (tertiary/aromatic N) is 2. The van der Waals surface area contributed by atoms with Gasteiger partial charge in [0.15, 0.2) is 5.76 Å². The first-order valence-corrected chi connectivity index (χ1v) is 9.15. The lowest BCUT2D eigenvalue weighted by atomic mass is 9.98. The number of fused-ring (bicyclic) bond motifs is 1. The van der Waals surface area contributed by atoms with Crippen molar-refractivity contribution in [3.8, 4) is 11.9 Å². The second-order valence-corrected chi connectivity index (χ2v) is 7.58. The molecule has 1 aromatic carbocycles. The Morgan fingerprint density at radius 3 is 2.61 bits per heavy atom. The largest absolute Gasteiger partial charge is 0.494 e. The number of aromatic hydroxyl groups is 1. The fourth-order valence-corrected chi connectivity index (χ4v) is 3.45. The second-order valence-electron chi connectivity index (χ2n) is 7.15. The molecule has 144 valence electrons. The van der Waals surface area contributed by atoms with Crippen LogP contribution in [-0.4, -0.2) is 15.5 Å². The van der Waals surface area contributed by atoms with Gasteiger partial charge >= 0.3 is 0 Å². The van der Waals surface area contributed by atoms with Gasteiger partial charge in [0.2, 0.25) is 11.7 Å². The van der Waals surface area contributed by atoms with Crippen LogP contribution in [0.1, 0.15) is 46.7 Å². The predicted molar refractivity (Wildman–Crippen MR) is 106 cm³/mol. The van der Waals surface area contributed by atoms with E-state index >= 15 is 0 Å². The second kappa shape index (κ2) is 7.17. The highest BCUT2D eigenvalue weighted by Gasteiger charge is 2.28. The van der Waals surface area contributed by atoms with Gasteiger partial charge in [-0.25, -0.2) is 0 Å². The number of ketones is 1. The van der Waals surface area contributed by atoms with Crippen LogP contribution in [0.25, 0.3) is 11.0 Å². The maximum atomic E-state index is 13.3. The molecule has 1 N–H and O–H groups in total. The number of benzene rings is 1. The quantitative estimate of drug-likeness (QED) is 0.660. The summed E-state index contributed by atoms with van der Waals surface area (Å²) in [7, 11) is 0. The predicted octanol–water partition coefficient (Wildman–Crippen LogP) is 4.33. The summed E-state index contributed by atoms with van der Waals surface area (Å²) in [4.78, 5) is 25.8. The summed E-state index contributed by atoms with van der Waals surface area (Å²) in [5.74, 6) is -0.989. The van der Waals surface area contributed by atoms with Crippen molar-refractivity contribution in [2.24, 2.45) is 5.92 Å². The maximum absolute atomic E-state index is 13.3. The fraction of sp³-hybridized carbons (Fsp3) is 0.286. The van der Waals surface area contributed by atoms with Crippen LogP contribution in [0.15, 0.2) is 27.4 Å². The van der Waals surface area contributed by atoms with E-state index in [2.05, 4.69) is 0 Å². The number of furan rings is 1. The number of hydrogen-bond acceptors (Lipinski definition) is 5. The highest BCUT2D eigenvalue weighted by molar-refractivity contribution is 6.31. The van der Waals surface area contributed by atoms with E-state index in [9.17, 15) is 20.0 Å². The third kappa shape index (κ3) is 3.08. The monoisotopic (exact) mass is 398 g/mol. The van der Waals surface area contributed by atoms with E-state index in [1.165, 1.54) is 6.92 Å². The lowest BCUT2D eigenvalue weighted by Crippen LogP contribution is -2.28. The molecule has 6 nitrogen and oxygen atoms in total. The number of hydrogen-bond donors (Lipinski definition) is 1. The minimum atomic E-state index is -0.615. The molecule has 0 radical (unpaired) electrons. The van der Waals surface area contributed by atoms with Gasteiger partial charge in [-0.2, -0.15) is 5.26 Å². The van der Waals surface area contributed by atoms with Crippen LogP contribution in [0.5, 0.6) is 5.88 Å². The molecule has 0 aliphatic heterocycles. The molecular weight excluding hydrogens is 380 g/mol. The van der Waals surface area contributed by atoms with E-state index in [1.54, 1.807) is 25.1 Å². The third-order valence-electron chi connectivity index (χ3n) is 4.68. The van der Waals surface area contributed by atoms with Crippen molar-refractivity contribution in [3.05, 3.63) is 61.6 Å². The van der Waals surface area contributed by atoms with Crippen LogP contribution in [0.3, 0.4) is 0 Å². The van der Waals surface area contributed by atoms with Gasteiger partial charge in [-0.3, -0.25) is 14.2 Å². The van der Waals surface area contributed by atoms with Crippen molar-refractivity contribution in [3.63, 3.8) is 0 Å². The van der Waals surface area contributed by atoms with Gasteiger partial charge in [0.1, 0.15) is 17.2 Å². The first kappa shape index (κ1) is 19.7. The van der Waals surface area contributed by atoms with E-state index in [0.717, 1.165) is 4.57 Å².